The summed E-state index contributed by atoms with van der Waals surface area (Å²) in [5.74, 6) is -1.15. The van der Waals surface area contributed by atoms with E-state index in [-0.39, 0.29) is 11.9 Å². The molecule has 5 heteroatoms. The fourth-order valence-corrected chi connectivity index (χ4v) is 2.78. The molecule has 1 aliphatic rings. The topological polar surface area (TPSA) is 62.5 Å². The molecule has 21 heavy (non-hydrogen) atoms. The second-order valence-electron chi connectivity index (χ2n) is 5.63. The van der Waals surface area contributed by atoms with Crippen LogP contribution in [0.4, 0.5) is 0 Å². The molecule has 0 saturated heterocycles. The summed E-state index contributed by atoms with van der Waals surface area (Å²) in [5, 5.41) is 10.1. The lowest BCUT2D eigenvalue weighted by Gasteiger charge is -2.26. The molecule has 1 amide bonds. The van der Waals surface area contributed by atoms with Crippen molar-refractivity contribution in [3.63, 3.8) is 0 Å². The summed E-state index contributed by atoms with van der Waals surface area (Å²) in [6.07, 6.45) is 3.55. The van der Waals surface area contributed by atoms with Crippen LogP contribution in [0.3, 0.4) is 0 Å². The van der Waals surface area contributed by atoms with E-state index in [0.717, 1.165) is 23.7 Å². The Morgan fingerprint density at radius 2 is 2.00 bits per heavy atom. The fourth-order valence-electron chi connectivity index (χ4n) is 2.78. The third-order valence-corrected chi connectivity index (χ3v) is 4.08. The third-order valence-electron chi connectivity index (χ3n) is 4.08. The molecule has 1 fully saturated rings. The lowest BCUT2D eigenvalue weighted by molar-refractivity contribution is -0.141. The Balaban J connectivity index is 2.04. The number of carboxylic acids is 1. The highest BCUT2D eigenvalue weighted by atomic mass is 16.4. The first-order chi connectivity index (χ1) is 10.0. The van der Waals surface area contributed by atoms with Gasteiger partial charge in [-0.3, -0.25) is 4.79 Å². The summed E-state index contributed by atoms with van der Waals surface area (Å²) >= 11 is 0. The lowest BCUT2D eigenvalue weighted by Crippen LogP contribution is -2.44. The molecule has 1 aromatic heterocycles. The van der Waals surface area contributed by atoms with E-state index in [2.05, 4.69) is 0 Å². The molecule has 0 radical (unpaired) electrons. The van der Waals surface area contributed by atoms with Crippen LogP contribution in [-0.4, -0.2) is 38.5 Å². The van der Waals surface area contributed by atoms with Crippen LogP contribution in [0.5, 0.6) is 0 Å². The number of amides is 1. The van der Waals surface area contributed by atoms with E-state index in [1.807, 2.05) is 35.9 Å². The van der Waals surface area contributed by atoms with E-state index < -0.39 is 12.0 Å². The standard InChI is InChI=1S/C16H18N2O3/c1-10(16(20)21)18(11-7-8-11)15(19)13-9-17(2)14-6-4-3-5-12(13)14/h3-6,9-11H,7-8H2,1-2H3,(H,20,21). The summed E-state index contributed by atoms with van der Waals surface area (Å²) in [6, 6.07) is 6.93. The second kappa shape index (κ2) is 4.91. The Labute approximate surface area is 122 Å². The minimum absolute atomic E-state index is 0.0579. The summed E-state index contributed by atoms with van der Waals surface area (Å²) in [4.78, 5) is 25.6. The number of aromatic nitrogens is 1. The van der Waals surface area contributed by atoms with Gasteiger partial charge in [0.15, 0.2) is 0 Å². The van der Waals surface area contributed by atoms with Crippen molar-refractivity contribution in [1.29, 1.82) is 0 Å². The summed E-state index contributed by atoms with van der Waals surface area (Å²) in [5.41, 5.74) is 1.55. The van der Waals surface area contributed by atoms with Gasteiger partial charge in [0, 0.05) is 30.2 Å². The molecule has 1 saturated carbocycles. The largest absolute Gasteiger partial charge is 0.480 e. The minimum Gasteiger partial charge on any atom is -0.480 e. The van der Waals surface area contributed by atoms with E-state index >= 15 is 0 Å². The van der Waals surface area contributed by atoms with E-state index in [0.29, 0.717) is 5.56 Å². The molecular weight excluding hydrogens is 268 g/mol. The number of carbonyl (C=O) groups excluding carboxylic acids is 1. The lowest BCUT2D eigenvalue weighted by atomic mass is 10.1. The van der Waals surface area contributed by atoms with Crippen molar-refractivity contribution in [2.24, 2.45) is 7.05 Å². The number of para-hydroxylation sites is 1. The molecule has 3 rings (SSSR count). The molecule has 5 nitrogen and oxygen atoms in total. The van der Waals surface area contributed by atoms with Crippen LogP contribution >= 0.6 is 0 Å². The molecule has 0 bridgehead atoms. The third kappa shape index (κ3) is 2.28. The SMILES string of the molecule is CC(C(=O)O)N(C(=O)c1cn(C)c2ccccc12)C1CC1. The molecule has 1 aliphatic carbocycles. The van der Waals surface area contributed by atoms with Crippen molar-refractivity contribution in [3.05, 3.63) is 36.0 Å². The van der Waals surface area contributed by atoms with Gasteiger partial charge in [-0.05, 0) is 25.8 Å². The zero-order valence-electron chi connectivity index (χ0n) is 12.1. The zero-order chi connectivity index (χ0) is 15.1. The number of nitrogens with zero attached hydrogens (tertiary/aromatic N) is 2. The predicted octanol–water partition coefficient (Wildman–Crippen LogP) is 2.26. The molecule has 110 valence electrons. The van der Waals surface area contributed by atoms with Crippen LogP contribution in [0.1, 0.15) is 30.1 Å². The van der Waals surface area contributed by atoms with E-state index in [4.69, 9.17) is 0 Å². The molecule has 0 spiro atoms. The number of hydrogen-bond acceptors (Lipinski definition) is 2. The first-order valence-corrected chi connectivity index (χ1v) is 7.10. The van der Waals surface area contributed by atoms with Crippen LogP contribution in [0.25, 0.3) is 10.9 Å². The van der Waals surface area contributed by atoms with Crippen molar-refractivity contribution >= 4 is 22.8 Å². The van der Waals surface area contributed by atoms with E-state index in [1.54, 1.807) is 13.1 Å². The summed E-state index contributed by atoms with van der Waals surface area (Å²) in [7, 11) is 1.89. The number of benzene rings is 1. The molecule has 1 N–H and O–H groups in total. The smallest absolute Gasteiger partial charge is 0.326 e. The number of carboxylic acid groups (broad SMARTS) is 1. The highest BCUT2D eigenvalue weighted by Crippen LogP contribution is 2.32. The van der Waals surface area contributed by atoms with Crippen LogP contribution in [0.15, 0.2) is 30.5 Å². The van der Waals surface area contributed by atoms with Crippen molar-refractivity contribution in [2.45, 2.75) is 31.8 Å². The Morgan fingerprint density at radius 1 is 1.33 bits per heavy atom. The molecule has 2 aromatic rings. The quantitative estimate of drug-likeness (QED) is 0.937. The van der Waals surface area contributed by atoms with Gasteiger partial charge in [-0.1, -0.05) is 18.2 Å². The maximum Gasteiger partial charge on any atom is 0.326 e. The first-order valence-electron chi connectivity index (χ1n) is 7.10. The average Bonchev–Trinajstić information content (AvgIpc) is 3.23. The van der Waals surface area contributed by atoms with Crippen molar-refractivity contribution < 1.29 is 14.7 Å². The highest BCUT2D eigenvalue weighted by Gasteiger charge is 2.39. The Bertz CT molecular complexity index is 715. The number of carbonyl (C=O) groups is 2. The number of fused-ring (bicyclic) bond motifs is 1. The Morgan fingerprint density at radius 3 is 2.62 bits per heavy atom. The number of aliphatic carboxylic acids is 1. The Kier molecular flexibility index (Phi) is 3.20. The fraction of sp³-hybridized carbons (Fsp3) is 0.375. The van der Waals surface area contributed by atoms with Gasteiger partial charge >= 0.3 is 5.97 Å². The van der Waals surface area contributed by atoms with Gasteiger partial charge in [0.25, 0.3) is 5.91 Å². The zero-order valence-corrected chi connectivity index (χ0v) is 12.1. The van der Waals surface area contributed by atoms with Crippen molar-refractivity contribution in [3.8, 4) is 0 Å². The number of aryl methyl sites for hydroxylation is 1. The van der Waals surface area contributed by atoms with Gasteiger partial charge in [-0.25, -0.2) is 4.79 Å². The molecule has 1 aromatic carbocycles. The van der Waals surface area contributed by atoms with Crippen molar-refractivity contribution in [1.82, 2.24) is 9.47 Å². The minimum atomic E-state index is -0.963. The van der Waals surface area contributed by atoms with Gasteiger partial charge in [0.05, 0.1) is 5.56 Å². The maximum atomic E-state index is 12.8. The highest BCUT2D eigenvalue weighted by molar-refractivity contribution is 6.08. The first kappa shape index (κ1) is 13.7. The Hall–Kier alpha value is -2.30. The molecule has 1 unspecified atom stereocenters. The monoisotopic (exact) mass is 286 g/mol. The molecule has 1 atom stereocenters. The van der Waals surface area contributed by atoms with Gasteiger partial charge in [0.2, 0.25) is 0 Å². The van der Waals surface area contributed by atoms with Crippen LogP contribution in [0.2, 0.25) is 0 Å². The average molecular weight is 286 g/mol. The van der Waals surface area contributed by atoms with Crippen LogP contribution in [-0.2, 0) is 11.8 Å². The molecule has 1 heterocycles. The van der Waals surface area contributed by atoms with E-state index in [9.17, 15) is 14.7 Å². The van der Waals surface area contributed by atoms with Crippen LogP contribution < -0.4 is 0 Å². The number of rotatable bonds is 4. The predicted molar refractivity (Wildman–Crippen MR) is 79.2 cm³/mol. The summed E-state index contributed by atoms with van der Waals surface area (Å²) in [6.45, 7) is 1.57. The summed E-state index contributed by atoms with van der Waals surface area (Å²) < 4.78 is 1.90. The molecule has 0 aliphatic heterocycles. The van der Waals surface area contributed by atoms with Gasteiger partial charge in [-0.15, -0.1) is 0 Å². The normalized spacial score (nSPS) is 15.9. The van der Waals surface area contributed by atoms with Gasteiger partial charge in [-0.2, -0.15) is 0 Å². The second-order valence-corrected chi connectivity index (χ2v) is 5.63. The van der Waals surface area contributed by atoms with Gasteiger partial charge < -0.3 is 14.6 Å². The van der Waals surface area contributed by atoms with Crippen molar-refractivity contribution in [2.75, 3.05) is 0 Å². The van der Waals surface area contributed by atoms with Crippen LogP contribution in [0, 0.1) is 0 Å². The molecular formula is C16H18N2O3. The number of hydrogen-bond donors (Lipinski definition) is 1. The van der Waals surface area contributed by atoms with E-state index in [1.165, 1.54) is 4.90 Å². The maximum absolute atomic E-state index is 12.8. The van der Waals surface area contributed by atoms with Gasteiger partial charge in [0.1, 0.15) is 6.04 Å².